The topological polar surface area (TPSA) is 26.3 Å². The van der Waals surface area contributed by atoms with Crippen molar-refractivity contribution in [1.82, 2.24) is 0 Å². The third-order valence-corrected chi connectivity index (χ3v) is 6.22. The lowest BCUT2D eigenvalue weighted by Crippen LogP contribution is -2.31. The average molecular weight is 345 g/mol. The molecule has 0 amide bonds. The molecule has 1 fully saturated rings. The van der Waals surface area contributed by atoms with Crippen molar-refractivity contribution in [3.63, 3.8) is 0 Å². The number of hydrogen-bond donors (Lipinski definition) is 0. The Labute approximate surface area is 154 Å². The van der Waals surface area contributed by atoms with Gasteiger partial charge in [-0.15, -0.1) is 0 Å². The lowest BCUT2D eigenvalue weighted by Gasteiger charge is -2.34. The maximum atomic E-state index is 12.6. The zero-order valence-corrected chi connectivity index (χ0v) is 16.6. The molecule has 0 aliphatic heterocycles. The van der Waals surface area contributed by atoms with Gasteiger partial charge >= 0.3 is 5.97 Å². The highest BCUT2D eigenvalue weighted by Crippen LogP contribution is 2.38. The van der Waals surface area contributed by atoms with Crippen LogP contribution in [0.2, 0.25) is 0 Å². The molecule has 1 aliphatic rings. The van der Waals surface area contributed by atoms with Gasteiger partial charge in [-0.2, -0.15) is 0 Å². The van der Waals surface area contributed by atoms with Crippen molar-refractivity contribution in [2.75, 3.05) is 0 Å². The summed E-state index contributed by atoms with van der Waals surface area (Å²) < 4.78 is 5.70. The largest absolute Gasteiger partial charge is 0.426 e. The summed E-state index contributed by atoms with van der Waals surface area (Å²) in [5, 5.41) is 0. The maximum absolute atomic E-state index is 12.6. The monoisotopic (exact) mass is 344 g/mol. The molecule has 0 saturated heterocycles. The summed E-state index contributed by atoms with van der Waals surface area (Å²) in [5.74, 6) is 2.84. The van der Waals surface area contributed by atoms with Gasteiger partial charge in [0.1, 0.15) is 5.75 Å². The fourth-order valence-electron chi connectivity index (χ4n) is 4.54. The molecule has 1 saturated carbocycles. The lowest BCUT2D eigenvalue weighted by atomic mass is 9.72. The van der Waals surface area contributed by atoms with Crippen LogP contribution in [-0.4, -0.2) is 5.97 Å². The Balaban J connectivity index is 1.94. The highest BCUT2D eigenvalue weighted by Gasteiger charge is 2.33. The number of ether oxygens (including phenoxy) is 1. The number of hydrogen-bond acceptors (Lipinski definition) is 2. The van der Waals surface area contributed by atoms with E-state index in [1.54, 1.807) is 0 Å². The summed E-state index contributed by atoms with van der Waals surface area (Å²) in [6.07, 6.45) is 9.14. The summed E-state index contributed by atoms with van der Waals surface area (Å²) in [6, 6.07) is 8.21. The normalized spacial score (nSPS) is 24.7. The molecule has 0 radical (unpaired) electrons. The van der Waals surface area contributed by atoms with Gasteiger partial charge in [0, 0.05) is 0 Å². The van der Waals surface area contributed by atoms with Crippen molar-refractivity contribution in [2.45, 2.75) is 85.0 Å². The molecular formula is C23H36O2. The summed E-state index contributed by atoms with van der Waals surface area (Å²) in [4.78, 5) is 12.6. The molecule has 0 aromatic heterocycles. The first-order chi connectivity index (χ1) is 12.1. The van der Waals surface area contributed by atoms with Crippen molar-refractivity contribution in [3.05, 3.63) is 29.8 Å². The van der Waals surface area contributed by atoms with E-state index in [0.29, 0.717) is 17.6 Å². The zero-order chi connectivity index (χ0) is 18.2. The Morgan fingerprint density at radius 3 is 2.28 bits per heavy atom. The van der Waals surface area contributed by atoms with Crippen LogP contribution in [0.15, 0.2) is 24.3 Å². The molecule has 0 bridgehead atoms. The Bertz CT molecular complexity index is 519. The van der Waals surface area contributed by atoms with Crippen molar-refractivity contribution < 1.29 is 9.53 Å². The van der Waals surface area contributed by atoms with Crippen LogP contribution < -0.4 is 4.74 Å². The average Bonchev–Trinajstić information content (AvgIpc) is 2.66. The van der Waals surface area contributed by atoms with Gasteiger partial charge in [-0.1, -0.05) is 59.1 Å². The number of benzene rings is 1. The minimum absolute atomic E-state index is 0.0265. The summed E-state index contributed by atoms with van der Waals surface area (Å²) in [6.45, 7) is 9.00. The lowest BCUT2D eigenvalue weighted by molar-refractivity contribution is -0.141. The Morgan fingerprint density at radius 2 is 1.72 bits per heavy atom. The van der Waals surface area contributed by atoms with Crippen molar-refractivity contribution >= 4 is 5.97 Å². The van der Waals surface area contributed by atoms with Crippen LogP contribution in [0, 0.1) is 17.8 Å². The van der Waals surface area contributed by atoms with Crippen molar-refractivity contribution in [3.8, 4) is 5.75 Å². The number of carbonyl (C=O) groups is 1. The zero-order valence-electron chi connectivity index (χ0n) is 16.6. The standard InChI is InChI=1S/C23H36O2/c1-5-9-17(6-2)20-12-14-22(15-13-20)25-23(24)21-11-10-18(7-3)19(8-4)16-21/h12-15,17-19,21H,5-11,16H2,1-4H3. The molecule has 1 aromatic rings. The third-order valence-electron chi connectivity index (χ3n) is 6.22. The van der Waals surface area contributed by atoms with E-state index in [0.717, 1.165) is 25.2 Å². The first-order valence-corrected chi connectivity index (χ1v) is 10.4. The molecule has 0 N–H and O–H groups in total. The summed E-state index contributed by atoms with van der Waals surface area (Å²) in [5.41, 5.74) is 1.36. The van der Waals surface area contributed by atoms with Gasteiger partial charge in [-0.25, -0.2) is 0 Å². The molecular weight excluding hydrogens is 308 g/mol. The van der Waals surface area contributed by atoms with Gasteiger partial charge in [0.15, 0.2) is 0 Å². The minimum Gasteiger partial charge on any atom is -0.426 e. The fourth-order valence-corrected chi connectivity index (χ4v) is 4.54. The van der Waals surface area contributed by atoms with Crippen LogP contribution >= 0.6 is 0 Å². The van der Waals surface area contributed by atoms with Crippen LogP contribution in [0.5, 0.6) is 5.75 Å². The van der Waals surface area contributed by atoms with Gasteiger partial charge < -0.3 is 4.74 Å². The van der Waals surface area contributed by atoms with Gasteiger partial charge in [0.25, 0.3) is 0 Å². The van der Waals surface area contributed by atoms with E-state index in [1.165, 1.54) is 37.7 Å². The van der Waals surface area contributed by atoms with E-state index in [-0.39, 0.29) is 11.9 Å². The number of carbonyl (C=O) groups excluding carboxylic acids is 1. The van der Waals surface area contributed by atoms with Gasteiger partial charge in [-0.3, -0.25) is 4.79 Å². The van der Waals surface area contributed by atoms with Gasteiger partial charge in [-0.05, 0) is 67.6 Å². The molecule has 0 heterocycles. The van der Waals surface area contributed by atoms with Crippen molar-refractivity contribution in [1.29, 1.82) is 0 Å². The van der Waals surface area contributed by atoms with E-state index < -0.39 is 0 Å². The second kappa shape index (κ2) is 9.99. The fraction of sp³-hybridized carbons (Fsp3) is 0.696. The minimum atomic E-state index is -0.0265. The van der Waals surface area contributed by atoms with Gasteiger partial charge in [0.05, 0.1) is 5.92 Å². The van der Waals surface area contributed by atoms with E-state index in [2.05, 4.69) is 39.8 Å². The van der Waals surface area contributed by atoms with Crippen LogP contribution in [-0.2, 0) is 4.79 Å². The highest BCUT2D eigenvalue weighted by atomic mass is 16.5. The molecule has 25 heavy (non-hydrogen) atoms. The van der Waals surface area contributed by atoms with Crippen molar-refractivity contribution in [2.24, 2.45) is 17.8 Å². The third kappa shape index (κ3) is 5.33. The quantitative estimate of drug-likeness (QED) is 0.385. The molecule has 4 unspecified atom stereocenters. The molecule has 1 aromatic carbocycles. The molecule has 2 nitrogen and oxygen atoms in total. The van der Waals surface area contributed by atoms with Crippen LogP contribution in [0.3, 0.4) is 0 Å². The molecule has 0 spiro atoms. The summed E-state index contributed by atoms with van der Waals surface area (Å²) >= 11 is 0. The smallest absolute Gasteiger partial charge is 0.314 e. The van der Waals surface area contributed by atoms with Crippen LogP contribution in [0.4, 0.5) is 0 Å². The SMILES string of the molecule is CCCC(CC)c1ccc(OC(=O)C2CCC(CC)C(CC)C2)cc1. The first-order valence-electron chi connectivity index (χ1n) is 10.4. The molecule has 2 rings (SSSR count). The van der Waals surface area contributed by atoms with E-state index >= 15 is 0 Å². The predicted octanol–water partition coefficient (Wildman–Crippen LogP) is 6.74. The maximum Gasteiger partial charge on any atom is 0.314 e. The molecule has 1 aliphatic carbocycles. The summed E-state index contributed by atoms with van der Waals surface area (Å²) in [7, 11) is 0. The highest BCUT2D eigenvalue weighted by molar-refractivity contribution is 5.75. The Kier molecular flexibility index (Phi) is 7.99. The Morgan fingerprint density at radius 1 is 1.04 bits per heavy atom. The molecule has 140 valence electrons. The van der Waals surface area contributed by atoms with Crippen LogP contribution in [0.1, 0.15) is 90.5 Å². The second-order valence-electron chi connectivity index (χ2n) is 7.73. The van der Waals surface area contributed by atoms with Crippen LogP contribution in [0.25, 0.3) is 0 Å². The number of rotatable bonds is 8. The van der Waals surface area contributed by atoms with E-state index in [1.807, 2.05) is 12.1 Å². The second-order valence-corrected chi connectivity index (χ2v) is 7.73. The molecule has 2 heteroatoms. The Hall–Kier alpha value is -1.31. The van der Waals surface area contributed by atoms with E-state index in [9.17, 15) is 4.79 Å². The van der Waals surface area contributed by atoms with Gasteiger partial charge in [0.2, 0.25) is 0 Å². The first kappa shape index (κ1) is 20.0. The van der Waals surface area contributed by atoms with E-state index in [4.69, 9.17) is 4.74 Å². The number of esters is 1. The predicted molar refractivity (Wildman–Crippen MR) is 105 cm³/mol. The molecule has 4 atom stereocenters.